The minimum Gasteiger partial charge on any atom is -0.237 e. The van der Waals surface area contributed by atoms with Crippen LogP contribution in [0.2, 0.25) is 0 Å². The fraction of sp³-hybridized carbons (Fsp3) is 1.00. The van der Waals surface area contributed by atoms with Gasteiger partial charge in [0.2, 0.25) is 0 Å². The van der Waals surface area contributed by atoms with Gasteiger partial charge in [-0.15, -0.1) is 0 Å². The smallest absolute Gasteiger partial charge is 0.0853 e. The first-order chi connectivity index (χ1) is 5.84. The van der Waals surface area contributed by atoms with E-state index < -0.39 is 0 Å². The lowest BCUT2D eigenvalue weighted by molar-refractivity contribution is -0.300. The van der Waals surface area contributed by atoms with Crippen molar-refractivity contribution >= 4 is 0 Å². The zero-order valence-electron chi connectivity index (χ0n) is 8.21. The second kappa shape index (κ2) is 5.55. The summed E-state index contributed by atoms with van der Waals surface area (Å²) in [5.74, 6) is 1.55. The van der Waals surface area contributed by atoms with Gasteiger partial charge in [-0.05, 0) is 25.2 Å². The molecule has 0 aromatic rings. The van der Waals surface area contributed by atoms with E-state index in [9.17, 15) is 0 Å². The molecule has 1 rings (SSSR count). The van der Waals surface area contributed by atoms with Crippen molar-refractivity contribution in [1.29, 1.82) is 0 Å². The molecule has 2 heteroatoms. The molecule has 0 spiro atoms. The second-order valence-corrected chi connectivity index (χ2v) is 3.71. The third-order valence-electron chi connectivity index (χ3n) is 2.77. The van der Waals surface area contributed by atoms with Crippen molar-refractivity contribution in [2.45, 2.75) is 39.5 Å². The Morgan fingerprint density at radius 1 is 1.17 bits per heavy atom. The minimum atomic E-state index is 0.654. The van der Waals surface area contributed by atoms with Crippen molar-refractivity contribution in [2.75, 3.05) is 13.2 Å². The van der Waals surface area contributed by atoms with Crippen LogP contribution in [0, 0.1) is 11.8 Å². The molecule has 0 aromatic heterocycles. The summed E-state index contributed by atoms with van der Waals surface area (Å²) in [6.45, 7) is 5.71. The van der Waals surface area contributed by atoms with Gasteiger partial charge in [-0.25, -0.2) is 9.78 Å². The molecule has 1 fully saturated rings. The molecule has 0 bridgehead atoms. The van der Waals surface area contributed by atoms with E-state index in [1.165, 1.54) is 25.7 Å². The quantitative estimate of drug-likeness (QED) is 0.369. The molecule has 0 amide bonds. The predicted octanol–water partition coefficient (Wildman–Crippen LogP) is 2.78. The van der Waals surface area contributed by atoms with Crippen molar-refractivity contribution in [3.05, 3.63) is 0 Å². The van der Waals surface area contributed by atoms with Crippen LogP contribution >= 0.6 is 0 Å². The zero-order valence-corrected chi connectivity index (χ0v) is 8.21. The highest BCUT2D eigenvalue weighted by molar-refractivity contribution is 4.71. The van der Waals surface area contributed by atoms with E-state index in [0.717, 1.165) is 18.4 Å². The van der Waals surface area contributed by atoms with Crippen molar-refractivity contribution in [1.82, 2.24) is 0 Å². The maximum atomic E-state index is 5.09. The van der Waals surface area contributed by atoms with Crippen LogP contribution in [0.15, 0.2) is 0 Å². The Kier molecular flexibility index (Phi) is 4.62. The molecule has 0 aromatic carbocycles. The SMILES string of the molecule is CCOOCC1CCCCC1C. The maximum absolute atomic E-state index is 5.09. The van der Waals surface area contributed by atoms with Gasteiger partial charge in [-0.2, -0.15) is 0 Å². The van der Waals surface area contributed by atoms with Crippen LogP contribution in [-0.2, 0) is 9.78 Å². The van der Waals surface area contributed by atoms with Crippen LogP contribution in [-0.4, -0.2) is 13.2 Å². The highest BCUT2D eigenvalue weighted by Crippen LogP contribution is 2.29. The fourth-order valence-electron chi connectivity index (χ4n) is 1.86. The Labute approximate surface area is 75.2 Å². The van der Waals surface area contributed by atoms with Gasteiger partial charge in [0.15, 0.2) is 0 Å². The zero-order chi connectivity index (χ0) is 8.81. The molecular formula is C10H20O2. The summed E-state index contributed by atoms with van der Waals surface area (Å²) in [5, 5.41) is 0. The number of rotatable bonds is 4. The van der Waals surface area contributed by atoms with Gasteiger partial charge in [-0.1, -0.05) is 26.2 Å². The van der Waals surface area contributed by atoms with Crippen LogP contribution in [0.25, 0.3) is 0 Å². The molecule has 2 unspecified atom stereocenters. The third-order valence-corrected chi connectivity index (χ3v) is 2.77. The summed E-state index contributed by atoms with van der Waals surface area (Å²) >= 11 is 0. The second-order valence-electron chi connectivity index (χ2n) is 3.71. The van der Waals surface area contributed by atoms with Gasteiger partial charge in [0.25, 0.3) is 0 Å². The van der Waals surface area contributed by atoms with Crippen molar-refractivity contribution < 1.29 is 9.78 Å². The van der Waals surface area contributed by atoms with E-state index >= 15 is 0 Å². The van der Waals surface area contributed by atoms with Crippen molar-refractivity contribution in [3.63, 3.8) is 0 Å². The normalized spacial score (nSPS) is 30.5. The molecule has 2 atom stereocenters. The first kappa shape index (κ1) is 10.0. The Bertz CT molecular complexity index is 114. The molecule has 12 heavy (non-hydrogen) atoms. The van der Waals surface area contributed by atoms with E-state index in [1.54, 1.807) is 0 Å². The largest absolute Gasteiger partial charge is 0.237 e. The Balaban J connectivity index is 2.11. The summed E-state index contributed by atoms with van der Waals surface area (Å²) in [4.78, 5) is 9.98. The average Bonchev–Trinajstić information content (AvgIpc) is 2.09. The summed E-state index contributed by atoms with van der Waals surface area (Å²) in [6, 6.07) is 0. The average molecular weight is 172 g/mol. The van der Waals surface area contributed by atoms with Gasteiger partial charge in [0.1, 0.15) is 0 Å². The molecule has 0 N–H and O–H groups in total. The summed E-state index contributed by atoms with van der Waals surface area (Å²) in [7, 11) is 0. The lowest BCUT2D eigenvalue weighted by Crippen LogP contribution is -2.21. The highest BCUT2D eigenvalue weighted by atomic mass is 17.2. The first-order valence-corrected chi connectivity index (χ1v) is 5.09. The summed E-state index contributed by atoms with van der Waals surface area (Å²) in [6.07, 6.45) is 5.44. The van der Waals surface area contributed by atoms with E-state index in [1.807, 2.05) is 6.92 Å². The monoisotopic (exact) mass is 172 g/mol. The maximum Gasteiger partial charge on any atom is 0.0853 e. The number of hydrogen-bond acceptors (Lipinski definition) is 2. The van der Waals surface area contributed by atoms with E-state index in [2.05, 4.69) is 6.92 Å². The lowest BCUT2D eigenvalue weighted by atomic mass is 9.81. The summed E-state index contributed by atoms with van der Waals surface area (Å²) in [5.41, 5.74) is 0. The fourth-order valence-corrected chi connectivity index (χ4v) is 1.86. The van der Waals surface area contributed by atoms with Crippen LogP contribution in [0.3, 0.4) is 0 Å². The third kappa shape index (κ3) is 3.11. The Morgan fingerprint density at radius 2 is 1.92 bits per heavy atom. The Hall–Kier alpha value is -0.0800. The lowest BCUT2D eigenvalue weighted by Gasteiger charge is -2.27. The molecule has 1 saturated carbocycles. The van der Waals surface area contributed by atoms with Crippen LogP contribution in [0.5, 0.6) is 0 Å². The highest BCUT2D eigenvalue weighted by Gasteiger charge is 2.21. The summed E-state index contributed by atoms with van der Waals surface area (Å²) < 4.78 is 0. The number of hydrogen-bond donors (Lipinski definition) is 0. The van der Waals surface area contributed by atoms with E-state index in [-0.39, 0.29) is 0 Å². The molecule has 0 heterocycles. The molecule has 0 radical (unpaired) electrons. The molecule has 1 aliphatic carbocycles. The standard InChI is InChI=1S/C10H20O2/c1-3-11-12-8-10-7-5-4-6-9(10)2/h9-10H,3-8H2,1-2H3. The van der Waals surface area contributed by atoms with Crippen LogP contribution in [0.1, 0.15) is 39.5 Å². The Morgan fingerprint density at radius 3 is 2.58 bits per heavy atom. The van der Waals surface area contributed by atoms with Crippen molar-refractivity contribution in [2.24, 2.45) is 11.8 Å². The van der Waals surface area contributed by atoms with Crippen LogP contribution in [0.4, 0.5) is 0 Å². The van der Waals surface area contributed by atoms with E-state index in [4.69, 9.17) is 9.78 Å². The topological polar surface area (TPSA) is 18.5 Å². The molecule has 1 aliphatic rings. The molecule has 0 saturated heterocycles. The van der Waals surface area contributed by atoms with Gasteiger partial charge in [0, 0.05) is 0 Å². The van der Waals surface area contributed by atoms with Gasteiger partial charge < -0.3 is 0 Å². The molecule has 0 aliphatic heterocycles. The van der Waals surface area contributed by atoms with Gasteiger partial charge in [0.05, 0.1) is 13.2 Å². The van der Waals surface area contributed by atoms with Crippen LogP contribution < -0.4 is 0 Å². The minimum absolute atomic E-state index is 0.654. The van der Waals surface area contributed by atoms with E-state index in [0.29, 0.717) is 6.61 Å². The molecule has 2 nitrogen and oxygen atoms in total. The van der Waals surface area contributed by atoms with Gasteiger partial charge in [-0.3, -0.25) is 0 Å². The molecular weight excluding hydrogens is 152 g/mol. The molecule has 72 valence electrons. The van der Waals surface area contributed by atoms with Crippen molar-refractivity contribution in [3.8, 4) is 0 Å². The predicted molar refractivity (Wildman–Crippen MR) is 48.7 cm³/mol. The first-order valence-electron chi connectivity index (χ1n) is 5.09. The van der Waals surface area contributed by atoms with Gasteiger partial charge >= 0.3 is 0 Å².